The Morgan fingerprint density at radius 2 is 1.80 bits per heavy atom. The van der Waals surface area contributed by atoms with Crippen LogP contribution in [0.1, 0.15) is 50.4 Å². The number of alkyl carbamates (subject to hydrolysis) is 1. The highest BCUT2D eigenvalue weighted by atomic mass is 16.6. The molecule has 0 radical (unpaired) electrons. The average molecular weight is 347 g/mol. The Kier molecular flexibility index (Phi) is 6.17. The summed E-state index contributed by atoms with van der Waals surface area (Å²) >= 11 is 0. The number of esters is 1. The molecule has 0 unspecified atom stereocenters. The van der Waals surface area contributed by atoms with Gasteiger partial charge >= 0.3 is 12.1 Å². The van der Waals surface area contributed by atoms with Crippen molar-refractivity contribution in [2.24, 2.45) is 5.92 Å². The number of hydrogen-bond donors (Lipinski definition) is 1. The molecule has 6 heteroatoms. The third-order valence-electron chi connectivity index (χ3n) is 3.96. The van der Waals surface area contributed by atoms with E-state index in [2.05, 4.69) is 5.32 Å². The minimum absolute atomic E-state index is 0.247. The van der Waals surface area contributed by atoms with Crippen molar-refractivity contribution < 1.29 is 23.9 Å². The third kappa shape index (κ3) is 5.89. The van der Waals surface area contributed by atoms with Crippen molar-refractivity contribution in [2.75, 3.05) is 6.61 Å². The van der Waals surface area contributed by atoms with E-state index in [1.54, 1.807) is 45.0 Å². The van der Waals surface area contributed by atoms with Crippen LogP contribution in [-0.4, -0.2) is 36.1 Å². The fourth-order valence-corrected chi connectivity index (χ4v) is 2.82. The molecule has 1 aromatic carbocycles. The monoisotopic (exact) mass is 347 g/mol. The molecule has 0 bridgehead atoms. The van der Waals surface area contributed by atoms with E-state index in [4.69, 9.17) is 9.47 Å². The van der Waals surface area contributed by atoms with Crippen molar-refractivity contribution in [1.29, 1.82) is 0 Å². The second-order valence-corrected chi connectivity index (χ2v) is 7.19. The molecule has 1 amide bonds. The maximum Gasteiger partial charge on any atom is 0.407 e. The zero-order chi connectivity index (χ0) is 18.4. The molecule has 0 saturated heterocycles. The Labute approximate surface area is 147 Å². The van der Waals surface area contributed by atoms with Crippen molar-refractivity contribution in [3.63, 3.8) is 0 Å². The molecule has 6 nitrogen and oxygen atoms in total. The second-order valence-electron chi connectivity index (χ2n) is 7.19. The van der Waals surface area contributed by atoms with E-state index in [-0.39, 0.29) is 18.4 Å². The first kappa shape index (κ1) is 19.0. The number of hydrogen-bond acceptors (Lipinski definition) is 5. The van der Waals surface area contributed by atoms with E-state index in [0.29, 0.717) is 18.4 Å². The number of carbonyl (C=O) groups excluding carboxylic acids is 3. The minimum Gasteiger partial charge on any atom is -0.457 e. The molecular weight excluding hydrogens is 322 g/mol. The molecular formula is C19H25NO5. The highest BCUT2D eigenvalue weighted by Crippen LogP contribution is 2.27. The van der Waals surface area contributed by atoms with Gasteiger partial charge in [-0.05, 0) is 33.6 Å². The van der Waals surface area contributed by atoms with Crippen LogP contribution in [0.5, 0.6) is 0 Å². The molecule has 2 atom stereocenters. The summed E-state index contributed by atoms with van der Waals surface area (Å²) in [5, 5.41) is 2.74. The lowest BCUT2D eigenvalue weighted by Crippen LogP contribution is -2.43. The Balaban J connectivity index is 1.85. The summed E-state index contributed by atoms with van der Waals surface area (Å²) in [5.74, 6) is -1.15. The summed E-state index contributed by atoms with van der Waals surface area (Å²) in [4.78, 5) is 36.2. The molecule has 2 rings (SSSR count). The van der Waals surface area contributed by atoms with Crippen molar-refractivity contribution >= 4 is 17.8 Å². The van der Waals surface area contributed by atoms with Crippen molar-refractivity contribution in [3.8, 4) is 0 Å². The van der Waals surface area contributed by atoms with Gasteiger partial charge in [0.25, 0.3) is 0 Å². The van der Waals surface area contributed by atoms with Crippen LogP contribution in [0.4, 0.5) is 4.79 Å². The van der Waals surface area contributed by atoms with E-state index >= 15 is 0 Å². The van der Waals surface area contributed by atoms with Gasteiger partial charge in [-0.1, -0.05) is 36.8 Å². The van der Waals surface area contributed by atoms with Gasteiger partial charge in [0.1, 0.15) is 5.60 Å². The van der Waals surface area contributed by atoms with Crippen molar-refractivity contribution in [1.82, 2.24) is 5.32 Å². The van der Waals surface area contributed by atoms with Gasteiger partial charge in [-0.15, -0.1) is 0 Å². The van der Waals surface area contributed by atoms with E-state index < -0.39 is 23.6 Å². The Hall–Kier alpha value is -2.37. The summed E-state index contributed by atoms with van der Waals surface area (Å²) < 4.78 is 10.4. The standard InChI is InChI=1S/C19H25NO5/c1-19(2,3)25-18(23)20-15-11-7-10-14(15)17(22)24-12-16(21)13-8-5-4-6-9-13/h4-6,8-9,14-15H,7,10-12H2,1-3H3,(H,20,23)/t14-,15+/m1/s1. The molecule has 0 aromatic heterocycles. The summed E-state index contributed by atoms with van der Waals surface area (Å²) in [5.41, 5.74) is -0.0917. The Morgan fingerprint density at radius 1 is 1.12 bits per heavy atom. The number of nitrogens with one attached hydrogen (secondary N) is 1. The summed E-state index contributed by atoms with van der Waals surface area (Å²) in [6.45, 7) is 5.05. The first-order valence-corrected chi connectivity index (χ1v) is 8.50. The van der Waals surface area contributed by atoms with Gasteiger partial charge in [-0.25, -0.2) is 4.79 Å². The Morgan fingerprint density at radius 3 is 2.44 bits per heavy atom. The molecule has 0 spiro atoms. The van der Waals surface area contributed by atoms with Gasteiger partial charge in [0.2, 0.25) is 0 Å². The molecule has 1 fully saturated rings. The highest BCUT2D eigenvalue weighted by molar-refractivity contribution is 5.98. The van der Waals surface area contributed by atoms with Crippen LogP contribution in [0.25, 0.3) is 0 Å². The molecule has 136 valence electrons. The molecule has 0 aliphatic heterocycles. The van der Waals surface area contributed by atoms with E-state index in [0.717, 1.165) is 6.42 Å². The van der Waals surface area contributed by atoms with Crippen LogP contribution in [0, 0.1) is 5.92 Å². The first-order valence-electron chi connectivity index (χ1n) is 8.50. The predicted octanol–water partition coefficient (Wildman–Crippen LogP) is 3.11. The number of amides is 1. The van der Waals surface area contributed by atoms with E-state index in [1.807, 2.05) is 6.07 Å². The number of ether oxygens (including phenoxy) is 2. The molecule has 1 aliphatic carbocycles. The number of carbonyl (C=O) groups is 3. The molecule has 0 heterocycles. The van der Waals surface area contributed by atoms with Crippen LogP contribution in [-0.2, 0) is 14.3 Å². The lowest BCUT2D eigenvalue weighted by molar-refractivity contribution is -0.147. The number of rotatable bonds is 5. The first-order chi connectivity index (χ1) is 11.8. The molecule has 1 aromatic rings. The van der Waals surface area contributed by atoms with E-state index in [1.165, 1.54) is 0 Å². The maximum atomic E-state index is 12.3. The van der Waals surface area contributed by atoms with Crippen LogP contribution in [0.15, 0.2) is 30.3 Å². The van der Waals surface area contributed by atoms with Gasteiger partial charge in [0, 0.05) is 11.6 Å². The summed E-state index contributed by atoms with van der Waals surface area (Å²) in [7, 11) is 0. The number of Topliss-reactive ketones (excluding diaryl/α,β-unsaturated/α-hetero) is 1. The van der Waals surface area contributed by atoms with Crippen molar-refractivity contribution in [3.05, 3.63) is 35.9 Å². The van der Waals surface area contributed by atoms with Crippen LogP contribution >= 0.6 is 0 Å². The Bertz CT molecular complexity index is 620. The average Bonchev–Trinajstić information content (AvgIpc) is 2.99. The smallest absolute Gasteiger partial charge is 0.407 e. The van der Waals surface area contributed by atoms with Crippen LogP contribution in [0.3, 0.4) is 0 Å². The van der Waals surface area contributed by atoms with Gasteiger partial charge in [0.15, 0.2) is 12.4 Å². The summed E-state index contributed by atoms with van der Waals surface area (Å²) in [6.07, 6.45) is 1.58. The largest absolute Gasteiger partial charge is 0.457 e. The normalized spacial score (nSPS) is 20.0. The number of ketones is 1. The zero-order valence-electron chi connectivity index (χ0n) is 14.9. The molecule has 1 aliphatic rings. The highest BCUT2D eigenvalue weighted by Gasteiger charge is 2.36. The molecule has 1 N–H and O–H groups in total. The topological polar surface area (TPSA) is 81.7 Å². The molecule has 1 saturated carbocycles. The zero-order valence-corrected chi connectivity index (χ0v) is 14.9. The van der Waals surface area contributed by atoms with Crippen molar-refractivity contribution in [2.45, 2.75) is 51.7 Å². The lowest BCUT2D eigenvalue weighted by atomic mass is 10.0. The maximum absolute atomic E-state index is 12.3. The van der Waals surface area contributed by atoms with Crippen LogP contribution < -0.4 is 5.32 Å². The van der Waals surface area contributed by atoms with Crippen LogP contribution in [0.2, 0.25) is 0 Å². The lowest BCUT2D eigenvalue weighted by Gasteiger charge is -2.24. The minimum atomic E-state index is -0.596. The fraction of sp³-hybridized carbons (Fsp3) is 0.526. The van der Waals surface area contributed by atoms with Gasteiger partial charge in [-0.3, -0.25) is 9.59 Å². The van der Waals surface area contributed by atoms with E-state index in [9.17, 15) is 14.4 Å². The SMILES string of the molecule is CC(C)(C)OC(=O)N[C@H]1CCC[C@H]1C(=O)OCC(=O)c1ccccc1. The third-order valence-corrected chi connectivity index (χ3v) is 3.96. The van der Waals surface area contributed by atoms with Gasteiger partial charge in [0.05, 0.1) is 5.92 Å². The molecule has 25 heavy (non-hydrogen) atoms. The summed E-state index contributed by atoms with van der Waals surface area (Å²) in [6, 6.07) is 8.36. The fourth-order valence-electron chi connectivity index (χ4n) is 2.82. The second kappa shape index (κ2) is 8.14. The predicted molar refractivity (Wildman–Crippen MR) is 92.2 cm³/mol. The quantitative estimate of drug-likeness (QED) is 0.654. The van der Waals surface area contributed by atoms with Gasteiger partial charge < -0.3 is 14.8 Å². The number of benzene rings is 1. The van der Waals surface area contributed by atoms with Gasteiger partial charge in [-0.2, -0.15) is 0 Å².